The molecular weight excluding hydrogens is 382 g/mol. The smallest absolute Gasteiger partial charge is 0.339 e. The Morgan fingerprint density at radius 3 is 2.43 bits per heavy atom. The first-order valence-corrected chi connectivity index (χ1v) is 8.82. The third kappa shape index (κ3) is 5.58. The first-order chi connectivity index (χ1) is 9.42. The molecule has 0 bridgehead atoms. The maximum absolute atomic E-state index is 12.0. The van der Waals surface area contributed by atoms with Crippen LogP contribution in [-0.4, -0.2) is 21.0 Å². The molecule has 0 aliphatic rings. The number of ether oxygens (including phenoxy) is 1. The third-order valence-corrected chi connectivity index (χ3v) is 4.82. The van der Waals surface area contributed by atoms with E-state index in [4.69, 9.17) is 21.5 Å². The van der Waals surface area contributed by atoms with Crippen molar-refractivity contribution in [2.75, 3.05) is 6.61 Å². The van der Waals surface area contributed by atoms with Crippen LogP contribution >= 0.6 is 27.5 Å². The van der Waals surface area contributed by atoms with Crippen LogP contribution in [0.15, 0.2) is 21.5 Å². The summed E-state index contributed by atoms with van der Waals surface area (Å²) in [5.74, 6) is -0.679. The highest BCUT2D eigenvalue weighted by Gasteiger charge is 2.21. The van der Waals surface area contributed by atoms with E-state index < -0.39 is 16.0 Å². The van der Waals surface area contributed by atoms with Crippen LogP contribution in [0.4, 0.5) is 0 Å². The number of primary sulfonamides is 1. The van der Waals surface area contributed by atoms with Crippen molar-refractivity contribution in [3.05, 3.63) is 27.2 Å². The predicted octanol–water partition coefficient (Wildman–Crippen LogP) is 3.34. The second kappa shape index (κ2) is 6.64. The van der Waals surface area contributed by atoms with Crippen LogP contribution < -0.4 is 5.14 Å². The summed E-state index contributed by atoms with van der Waals surface area (Å²) in [6, 6.07) is 2.42. The normalized spacial score (nSPS) is 12.3. The summed E-state index contributed by atoms with van der Waals surface area (Å²) in [4.78, 5) is 11.8. The number of sulfonamides is 1. The largest absolute Gasteiger partial charge is 0.462 e. The highest BCUT2D eigenvalue weighted by molar-refractivity contribution is 9.10. The van der Waals surface area contributed by atoms with Gasteiger partial charge in [0.05, 0.1) is 22.1 Å². The van der Waals surface area contributed by atoms with Gasteiger partial charge in [-0.25, -0.2) is 18.4 Å². The summed E-state index contributed by atoms with van der Waals surface area (Å²) in [6.45, 7) is 6.28. The van der Waals surface area contributed by atoms with Crippen LogP contribution in [-0.2, 0) is 14.8 Å². The van der Waals surface area contributed by atoms with Gasteiger partial charge in [0.1, 0.15) is 0 Å². The lowest BCUT2D eigenvalue weighted by atomic mass is 9.93. The van der Waals surface area contributed by atoms with E-state index in [2.05, 4.69) is 15.9 Å². The molecule has 0 heterocycles. The first-order valence-electron chi connectivity index (χ1n) is 6.11. The van der Waals surface area contributed by atoms with Crippen molar-refractivity contribution in [1.82, 2.24) is 0 Å². The summed E-state index contributed by atoms with van der Waals surface area (Å²) in [5.41, 5.74) is -0.00645. The van der Waals surface area contributed by atoms with Gasteiger partial charge in [0.25, 0.3) is 0 Å². The molecule has 0 aliphatic heterocycles. The van der Waals surface area contributed by atoms with Crippen molar-refractivity contribution >= 4 is 43.5 Å². The Balaban J connectivity index is 3.00. The van der Waals surface area contributed by atoms with E-state index in [0.29, 0.717) is 6.42 Å². The van der Waals surface area contributed by atoms with Crippen molar-refractivity contribution in [2.45, 2.75) is 32.1 Å². The zero-order valence-electron chi connectivity index (χ0n) is 11.9. The van der Waals surface area contributed by atoms with Gasteiger partial charge in [-0.3, -0.25) is 0 Å². The van der Waals surface area contributed by atoms with Crippen LogP contribution in [0.5, 0.6) is 0 Å². The molecule has 1 aromatic rings. The molecule has 1 rings (SSSR count). The van der Waals surface area contributed by atoms with E-state index in [9.17, 15) is 13.2 Å². The highest BCUT2D eigenvalue weighted by Crippen LogP contribution is 2.29. The van der Waals surface area contributed by atoms with Gasteiger partial charge in [-0.15, -0.1) is 0 Å². The van der Waals surface area contributed by atoms with E-state index in [-0.39, 0.29) is 32.0 Å². The Hall–Kier alpha value is -0.630. The monoisotopic (exact) mass is 397 g/mol. The minimum Gasteiger partial charge on any atom is -0.462 e. The van der Waals surface area contributed by atoms with E-state index >= 15 is 0 Å². The molecule has 8 heteroatoms. The van der Waals surface area contributed by atoms with Gasteiger partial charge in [0, 0.05) is 4.47 Å². The molecule has 5 nitrogen and oxygen atoms in total. The molecule has 118 valence electrons. The van der Waals surface area contributed by atoms with Crippen molar-refractivity contribution in [3.63, 3.8) is 0 Å². The maximum Gasteiger partial charge on any atom is 0.339 e. The van der Waals surface area contributed by atoms with Crippen LogP contribution in [0, 0.1) is 5.41 Å². The maximum atomic E-state index is 12.0. The molecule has 0 saturated heterocycles. The summed E-state index contributed by atoms with van der Waals surface area (Å²) < 4.78 is 28.2. The minimum atomic E-state index is -3.96. The Morgan fingerprint density at radius 1 is 1.38 bits per heavy atom. The van der Waals surface area contributed by atoms with Crippen molar-refractivity contribution in [2.24, 2.45) is 10.6 Å². The SMILES string of the molecule is CC(C)(C)CCOC(=O)c1cc(S(N)(=O)=O)c(Br)cc1Cl. The van der Waals surface area contributed by atoms with Crippen LogP contribution in [0.3, 0.4) is 0 Å². The van der Waals surface area contributed by atoms with Gasteiger partial charge in [0.15, 0.2) is 0 Å². The van der Waals surface area contributed by atoms with Crippen LogP contribution in [0.25, 0.3) is 0 Å². The summed E-state index contributed by atoms with van der Waals surface area (Å²) in [7, 11) is -3.96. The number of carbonyl (C=O) groups excluding carboxylic acids is 1. The zero-order chi connectivity index (χ0) is 16.4. The van der Waals surface area contributed by atoms with Gasteiger partial charge in [-0.05, 0) is 39.9 Å². The molecule has 0 saturated carbocycles. The molecule has 0 spiro atoms. The quantitative estimate of drug-likeness (QED) is 0.788. The lowest BCUT2D eigenvalue weighted by Crippen LogP contribution is -2.16. The number of esters is 1. The highest BCUT2D eigenvalue weighted by atomic mass is 79.9. The van der Waals surface area contributed by atoms with Crippen LogP contribution in [0.2, 0.25) is 5.02 Å². The molecule has 0 radical (unpaired) electrons. The van der Waals surface area contributed by atoms with Crippen molar-refractivity contribution < 1.29 is 17.9 Å². The molecule has 1 aromatic carbocycles. The summed E-state index contributed by atoms with van der Waals surface area (Å²) in [5, 5.41) is 5.17. The topological polar surface area (TPSA) is 86.5 Å². The summed E-state index contributed by atoms with van der Waals surface area (Å²) in [6.07, 6.45) is 0.676. The first kappa shape index (κ1) is 18.4. The van der Waals surface area contributed by atoms with E-state index in [1.807, 2.05) is 20.8 Å². The Bertz CT molecular complexity index is 653. The van der Waals surface area contributed by atoms with Gasteiger partial charge in [-0.2, -0.15) is 0 Å². The molecule has 0 atom stereocenters. The second-order valence-corrected chi connectivity index (χ2v) is 8.55. The second-order valence-electron chi connectivity index (χ2n) is 5.75. The molecule has 2 N–H and O–H groups in total. The molecular formula is C13H17BrClNO4S. The molecule has 0 aromatic heterocycles. The molecule has 0 amide bonds. The number of hydrogen-bond acceptors (Lipinski definition) is 4. The third-order valence-electron chi connectivity index (χ3n) is 2.63. The van der Waals surface area contributed by atoms with E-state index in [1.165, 1.54) is 6.07 Å². The Kier molecular flexibility index (Phi) is 5.83. The van der Waals surface area contributed by atoms with Gasteiger partial charge >= 0.3 is 5.97 Å². The minimum absolute atomic E-state index is 0.0234. The Morgan fingerprint density at radius 2 is 1.95 bits per heavy atom. The Labute approximate surface area is 138 Å². The number of carbonyl (C=O) groups is 1. The van der Waals surface area contributed by atoms with Crippen LogP contribution in [0.1, 0.15) is 37.6 Å². The van der Waals surface area contributed by atoms with Crippen molar-refractivity contribution in [3.8, 4) is 0 Å². The average Bonchev–Trinajstić information content (AvgIpc) is 2.24. The molecule has 0 aliphatic carbocycles. The average molecular weight is 399 g/mol. The zero-order valence-corrected chi connectivity index (χ0v) is 15.1. The number of nitrogens with two attached hydrogens (primary N) is 1. The number of benzene rings is 1. The number of hydrogen-bond donors (Lipinski definition) is 1. The molecule has 0 fully saturated rings. The number of rotatable bonds is 4. The lowest BCUT2D eigenvalue weighted by molar-refractivity contribution is 0.0465. The molecule has 0 unspecified atom stereocenters. The van der Waals surface area contributed by atoms with Gasteiger partial charge < -0.3 is 4.74 Å². The summed E-state index contributed by atoms with van der Waals surface area (Å²) >= 11 is 9.00. The fourth-order valence-electron chi connectivity index (χ4n) is 1.43. The van der Waals surface area contributed by atoms with Gasteiger partial charge in [0.2, 0.25) is 10.0 Å². The fourth-order valence-corrected chi connectivity index (χ4v) is 3.44. The molecule has 21 heavy (non-hydrogen) atoms. The van der Waals surface area contributed by atoms with Gasteiger partial charge in [-0.1, -0.05) is 32.4 Å². The fraction of sp³-hybridized carbons (Fsp3) is 0.462. The van der Waals surface area contributed by atoms with Crippen molar-refractivity contribution in [1.29, 1.82) is 0 Å². The standard InChI is InChI=1S/C13H17BrClNO4S/c1-13(2,3)4-5-20-12(17)8-6-11(21(16,18)19)9(14)7-10(8)15/h6-7H,4-5H2,1-3H3,(H2,16,18,19). The van der Waals surface area contributed by atoms with E-state index in [0.717, 1.165) is 6.07 Å². The predicted molar refractivity (Wildman–Crippen MR) is 84.9 cm³/mol. The lowest BCUT2D eigenvalue weighted by Gasteiger charge is -2.17. The number of halogens is 2. The van der Waals surface area contributed by atoms with E-state index in [1.54, 1.807) is 0 Å².